The van der Waals surface area contributed by atoms with Gasteiger partial charge in [-0.1, -0.05) is 5.16 Å². The summed E-state index contributed by atoms with van der Waals surface area (Å²) in [6.45, 7) is 0.633. The van der Waals surface area contributed by atoms with Gasteiger partial charge < -0.3 is 14.2 Å². The van der Waals surface area contributed by atoms with E-state index in [1.54, 1.807) is 0 Å². The SMILES string of the molecule is COCCN1C=C(c2noc(C(F)(F)F)n2)C=C([N+](=O)[O-])C1. The Morgan fingerprint density at radius 1 is 1.55 bits per heavy atom. The van der Waals surface area contributed by atoms with Gasteiger partial charge in [-0.05, 0) is 0 Å². The van der Waals surface area contributed by atoms with Crippen LogP contribution in [0.15, 0.2) is 22.5 Å². The zero-order chi connectivity index (χ0) is 16.3. The van der Waals surface area contributed by atoms with E-state index < -0.39 is 17.0 Å². The lowest BCUT2D eigenvalue weighted by molar-refractivity contribution is -0.427. The molecule has 11 heteroatoms. The third-order valence-electron chi connectivity index (χ3n) is 2.75. The van der Waals surface area contributed by atoms with Crippen molar-refractivity contribution in [2.75, 3.05) is 26.8 Å². The Kier molecular flexibility index (Phi) is 4.45. The van der Waals surface area contributed by atoms with Crippen LogP contribution in [0, 0.1) is 10.1 Å². The first-order valence-corrected chi connectivity index (χ1v) is 6.02. The maximum Gasteiger partial charge on any atom is 0.471 e. The van der Waals surface area contributed by atoms with Gasteiger partial charge in [-0.25, -0.2) is 0 Å². The molecule has 0 amide bonds. The number of halogens is 3. The summed E-state index contributed by atoms with van der Waals surface area (Å²) in [6, 6.07) is 0. The van der Waals surface area contributed by atoms with Crippen molar-refractivity contribution in [1.29, 1.82) is 0 Å². The van der Waals surface area contributed by atoms with E-state index in [9.17, 15) is 23.3 Å². The summed E-state index contributed by atoms with van der Waals surface area (Å²) >= 11 is 0. The molecule has 0 N–H and O–H groups in total. The first-order valence-electron chi connectivity index (χ1n) is 6.02. The van der Waals surface area contributed by atoms with Crippen molar-refractivity contribution in [1.82, 2.24) is 15.0 Å². The molecule has 8 nitrogen and oxygen atoms in total. The molecule has 0 saturated heterocycles. The molecular weight excluding hydrogens is 309 g/mol. The lowest BCUT2D eigenvalue weighted by Crippen LogP contribution is -2.29. The maximum absolute atomic E-state index is 12.5. The summed E-state index contributed by atoms with van der Waals surface area (Å²) in [5.74, 6) is -1.87. The van der Waals surface area contributed by atoms with E-state index in [1.165, 1.54) is 18.2 Å². The summed E-state index contributed by atoms with van der Waals surface area (Å²) in [7, 11) is 1.47. The Hall–Kier alpha value is -2.43. The van der Waals surface area contributed by atoms with Gasteiger partial charge in [0.05, 0.1) is 11.5 Å². The van der Waals surface area contributed by atoms with Gasteiger partial charge in [0.25, 0.3) is 5.70 Å². The minimum Gasteiger partial charge on any atom is -0.383 e. The molecule has 1 aliphatic rings. The van der Waals surface area contributed by atoms with Crippen LogP contribution in [0.3, 0.4) is 0 Å². The molecule has 0 atom stereocenters. The van der Waals surface area contributed by atoms with Crippen LogP contribution in [0.2, 0.25) is 0 Å². The highest BCUT2D eigenvalue weighted by Gasteiger charge is 2.39. The van der Waals surface area contributed by atoms with Gasteiger partial charge in [0.1, 0.15) is 6.54 Å². The van der Waals surface area contributed by atoms with Crippen molar-refractivity contribution in [3.8, 4) is 0 Å². The van der Waals surface area contributed by atoms with E-state index in [1.807, 2.05) is 0 Å². The number of nitro groups is 1. The van der Waals surface area contributed by atoms with Gasteiger partial charge >= 0.3 is 12.1 Å². The van der Waals surface area contributed by atoms with Crippen LogP contribution in [-0.4, -0.2) is 46.8 Å². The van der Waals surface area contributed by atoms with Gasteiger partial charge in [0.15, 0.2) is 0 Å². The van der Waals surface area contributed by atoms with E-state index in [-0.39, 0.29) is 23.6 Å². The number of methoxy groups -OCH3 is 1. The summed E-state index contributed by atoms with van der Waals surface area (Å²) in [5.41, 5.74) is -0.125. The topological polar surface area (TPSA) is 94.5 Å². The fourth-order valence-corrected chi connectivity index (χ4v) is 1.75. The van der Waals surface area contributed by atoms with Crippen LogP contribution >= 0.6 is 0 Å². The average Bonchev–Trinajstić information content (AvgIpc) is 2.94. The zero-order valence-electron chi connectivity index (χ0n) is 11.3. The van der Waals surface area contributed by atoms with Crippen molar-refractivity contribution >= 4 is 5.57 Å². The fraction of sp³-hybridized carbons (Fsp3) is 0.455. The van der Waals surface area contributed by atoms with E-state index in [0.29, 0.717) is 13.2 Å². The minimum absolute atomic E-state index is 0.00381. The predicted octanol–water partition coefficient (Wildman–Crippen LogP) is 1.55. The van der Waals surface area contributed by atoms with E-state index in [0.717, 1.165) is 6.08 Å². The number of hydrogen-bond acceptors (Lipinski definition) is 7. The van der Waals surface area contributed by atoms with Crippen molar-refractivity contribution in [3.63, 3.8) is 0 Å². The molecule has 22 heavy (non-hydrogen) atoms. The molecular formula is C11H11F3N4O4. The van der Waals surface area contributed by atoms with Crippen molar-refractivity contribution in [2.45, 2.75) is 6.18 Å². The van der Waals surface area contributed by atoms with Gasteiger partial charge in [0, 0.05) is 31.5 Å². The van der Waals surface area contributed by atoms with E-state index in [4.69, 9.17) is 4.74 Å². The molecule has 120 valence electrons. The number of allylic oxidation sites excluding steroid dienone is 2. The fourth-order valence-electron chi connectivity index (χ4n) is 1.75. The Labute approximate surface area is 122 Å². The van der Waals surface area contributed by atoms with Crippen LogP contribution in [0.4, 0.5) is 13.2 Å². The molecule has 1 aliphatic heterocycles. The number of hydrogen-bond donors (Lipinski definition) is 0. The molecule has 2 rings (SSSR count). The second kappa shape index (κ2) is 6.13. The molecule has 0 bridgehead atoms. The molecule has 0 fully saturated rings. The molecule has 0 spiro atoms. The highest BCUT2D eigenvalue weighted by Crippen LogP contribution is 2.29. The average molecular weight is 320 g/mol. The van der Waals surface area contributed by atoms with Crippen LogP contribution in [0.25, 0.3) is 5.57 Å². The number of ether oxygens (including phenoxy) is 1. The number of nitrogens with zero attached hydrogens (tertiary/aromatic N) is 4. The second-order valence-electron chi connectivity index (χ2n) is 4.36. The molecule has 0 aromatic carbocycles. The van der Waals surface area contributed by atoms with Crippen LogP contribution < -0.4 is 0 Å². The first-order chi connectivity index (χ1) is 10.3. The highest BCUT2D eigenvalue weighted by atomic mass is 19.4. The molecule has 0 saturated carbocycles. The van der Waals surface area contributed by atoms with Crippen molar-refractivity contribution < 1.29 is 27.4 Å². The van der Waals surface area contributed by atoms with Crippen molar-refractivity contribution in [3.05, 3.63) is 39.8 Å². The predicted molar refractivity (Wildman–Crippen MR) is 65.8 cm³/mol. The van der Waals surface area contributed by atoms with Crippen LogP contribution in [0.1, 0.15) is 11.7 Å². The van der Waals surface area contributed by atoms with E-state index >= 15 is 0 Å². The van der Waals surface area contributed by atoms with Crippen LogP contribution in [-0.2, 0) is 10.9 Å². The smallest absolute Gasteiger partial charge is 0.383 e. The standard InChI is InChI=1S/C11H11F3N4O4/c1-21-3-2-17-5-7(4-8(6-17)18(19)20)9-15-10(22-16-9)11(12,13)14/h4-5H,2-3,6H2,1H3. The summed E-state index contributed by atoms with van der Waals surface area (Å²) in [5, 5.41) is 14.1. The number of rotatable bonds is 5. The quantitative estimate of drug-likeness (QED) is 0.600. The maximum atomic E-state index is 12.5. The summed E-state index contributed by atoms with van der Waals surface area (Å²) < 4.78 is 46.3. The zero-order valence-corrected chi connectivity index (χ0v) is 11.3. The molecule has 1 aromatic rings. The van der Waals surface area contributed by atoms with Gasteiger partial charge in [0.2, 0.25) is 5.82 Å². The molecule has 2 heterocycles. The lowest BCUT2D eigenvalue weighted by Gasteiger charge is -2.22. The molecule has 0 aliphatic carbocycles. The number of aromatic nitrogens is 2. The van der Waals surface area contributed by atoms with Gasteiger partial charge in [-0.2, -0.15) is 18.2 Å². The first kappa shape index (κ1) is 15.9. The summed E-state index contributed by atoms with van der Waals surface area (Å²) in [4.78, 5) is 15.1. The molecule has 0 radical (unpaired) electrons. The third-order valence-corrected chi connectivity index (χ3v) is 2.75. The normalized spacial score (nSPS) is 15.5. The Morgan fingerprint density at radius 3 is 2.82 bits per heavy atom. The van der Waals surface area contributed by atoms with Gasteiger partial charge in [-0.15, -0.1) is 0 Å². The third kappa shape index (κ3) is 3.61. The highest BCUT2D eigenvalue weighted by molar-refractivity contribution is 5.70. The Morgan fingerprint density at radius 2 is 2.27 bits per heavy atom. The monoisotopic (exact) mass is 320 g/mol. The molecule has 1 aromatic heterocycles. The Bertz CT molecular complexity index is 623. The minimum atomic E-state index is -4.77. The Balaban J connectivity index is 2.30. The summed E-state index contributed by atoms with van der Waals surface area (Å²) in [6.07, 6.45) is -2.22. The molecule has 0 unspecified atom stereocenters. The van der Waals surface area contributed by atoms with E-state index in [2.05, 4.69) is 14.7 Å². The van der Waals surface area contributed by atoms with Crippen LogP contribution in [0.5, 0.6) is 0 Å². The second-order valence-corrected chi connectivity index (χ2v) is 4.36. The largest absolute Gasteiger partial charge is 0.471 e. The lowest BCUT2D eigenvalue weighted by atomic mass is 10.1. The van der Waals surface area contributed by atoms with Gasteiger partial charge in [-0.3, -0.25) is 10.1 Å². The van der Waals surface area contributed by atoms with Crippen molar-refractivity contribution in [2.24, 2.45) is 0 Å². The number of alkyl halides is 3.